The fourth-order valence-electron chi connectivity index (χ4n) is 3.02. The monoisotopic (exact) mass is 280 g/mol. The number of thiophene rings is 1. The summed E-state index contributed by atoms with van der Waals surface area (Å²) in [5.41, 5.74) is 0. The Labute approximate surface area is 120 Å². The Balaban J connectivity index is 1.95. The van der Waals surface area contributed by atoms with Crippen LogP contribution >= 0.6 is 11.3 Å². The summed E-state index contributed by atoms with van der Waals surface area (Å²) in [6.07, 6.45) is 6.74. The number of hydrogen-bond donors (Lipinski definition) is 0. The van der Waals surface area contributed by atoms with Crippen LogP contribution in [-0.2, 0) is 4.84 Å². The second-order valence-electron chi connectivity index (χ2n) is 5.43. The number of rotatable bonds is 5. The smallest absolute Gasteiger partial charge is 0.127 e. The Bertz CT molecular complexity index is 381. The molecule has 1 aromatic rings. The fraction of sp³-hybridized carbons (Fsp3) is 0.667. The lowest BCUT2D eigenvalue weighted by Crippen LogP contribution is -2.31. The third-order valence-electron chi connectivity index (χ3n) is 3.87. The molecular formula is C15H24N2OS. The molecule has 0 aliphatic heterocycles. The Kier molecular flexibility index (Phi) is 5.40. The first-order valence-corrected chi connectivity index (χ1v) is 7.94. The lowest BCUT2D eigenvalue weighted by Gasteiger charge is -2.36. The van der Waals surface area contributed by atoms with Crippen LogP contribution < -0.4 is 0 Å². The van der Waals surface area contributed by atoms with E-state index in [1.54, 1.807) is 6.21 Å². The quantitative estimate of drug-likeness (QED) is 0.603. The molecule has 0 aromatic carbocycles. The van der Waals surface area contributed by atoms with Crippen molar-refractivity contribution in [3.63, 3.8) is 0 Å². The highest BCUT2D eigenvalue weighted by Crippen LogP contribution is 2.39. The molecule has 0 saturated heterocycles. The van der Waals surface area contributed by atoms with Crippen molar-refractivity contribution >= 4 is 17.6 Å². The van der Waals surface area contributed by atoms with E-state index in [1.807, 2.05) is 18.3 Å². The van der Waals surface area contributed by atoms with Gasteiger partial charge in [0.1, 0.15) is 6.10 Å². The number of hydrogen-bond acceptors (Lipinski definition) is 4. The second-order valence-corrected chi connectivity index (χ2v) is 6.41. The van der Waals surface area contributed by atoms with Gasteiger partial charge in [0.15, 0.2) is 0 Å². The van der Waals surface area contributed by atoms with Crippen molar-refractivity contribution < 1.29 is 4.84 Å². The molecule has 0 amide bonds. The Morgan fingerprint density at radius 3 is 2.63 bits per heavy atom. The highest BCUT2D eigenvalue weighted by atomic mass is 32.1. The molecule has 3 nitrogen and oxygen atoms in total. The maximum Gasteiger partial charge on any atom is 0.127 e. The van der Waals surface area contributed by atoms with Gasteiger partial charge in [0.05, 0.1) is 0 Å². The maximum absolute atomic E-state index is 5.47. The lowest BCUT2D eigenvalue weighted by molar-refractivity contribution is 0.0118. The van der Waals surface area contributed by atoms with Crippen molar-refractivity contribution in [2.24, 2.45) is 11.1 Å². The highest BCUT2D eigenvalue weighted by Gasteiger charge is 2.31. The molecule has 1 unspecified atom stereocenters. The fourth-order valence-corrected chi connectivity index (χ4v) is 4.04. The molecule has 19 heavy (non-hydrogen) atoms. The van der Waals surface area contributed by atoms with Crippen molar-refractivity contribution in [3.8, 4) is 0 Å². The maximum atomic E-state index is 5.47. The average molecular weight is 280 g/mol. The molecule has 4 heteroatoms. The van der Waals surface area contributed by atoms with E-state index < -0.39 is 0 Å². The van der Waals surface area contributed by atoms with Crippen LogP contribution in [0.1, 0.15) is 43.5 Å². The van der Waals surface area contributed by atoms with Gasteiger partial charge in [-0.05, 0) is 64.1 Å². The predicted molar refractivity (Wildman–Crippen MR) is 81.7 cm³/mol. The van der Waals surface area contributed by atoms with Crippen molar-refractivity contribution in [2.75, 3.05) is 14.1 Å². The average Bonchev–Trinajstić information content (AvgIpc) is 2.91. The molecular weight excluding hydrogens is 256 g/mol. The van der Waals surface area contributed by atoms with Gasteiger partial charge < -0.3 is 9.74 Å². The molecule has 1 aromatic heterocycles. The summed E-state index contributed by atoms with van der Waals surface area (Å²) < 4.78 is 0. The second kappa shape index (κ2) is 7.06. The van der Waals surface area contributed by atoms with E-state index in [0.29, 0.717) is 12.1 Å². The molecule has 1 aliphatic carbocycles. The van der Waals surface area contributed by atoms with Crippen LogP contribution in [0.5, 0.6) is 0 Å². The van der Waals surface area contributed by atoms with Gasteiger partial charge in [-0.15, -0.1) is 11.3 Å². The summed E-state index contributed by atoms with van der Waals surface area (Å²) in [5.74, 6) is 0.735. The minimum atomic E-state index is 0.318. The predicted octanol–water partition coefficient (Wildman–Crippen LogP) is 3.93. The van der Waals surface area contributed by atoms with Gasteiger partial charge in [-0.1, -0.05) is 11.2 Å². The third-order valence-corrected chi connectivity index (χ3v) is 4.81. The van der Waals surface area contributed by atoms with E-state index >= 15 is 0 Å². The van der Waals surface area contributed by atoms with Crippen LogP contribution in [0.2, 0.25) is 0 Å². The Hall–Kier alpha value is -0.870. The highest BCUT2D eigenvalue weighted by molar-refractivity contribution is 7.10. The van der Waals surface area contributed by atoms with E-state index in [1.165, 1.54) is 17.7 Å². The zero-order chi connectivity index (χ0) is 13.7. The zero-order valence-corrected chi connectivity index (χ0v) is 12.9. The molecule has 1 aliphatic rings. The van der Waals surface area contributed by atoms with Crippen molar-refractivity contribution in [1.29, 1.82) is 0 Å². The molecule has 1 saturated carbocycles. The molecule has 0 bridgehead atoms. The molecule has 1 heterocycles. The number of nitrogens with zero attached hydrogens (tertiary/aromatic N) is 2. The van der Waals surface area contributed by atoms with E-state index in [4.69, 9.17) is 4.84 Å². The van der Waals surface area contributed by atoms with Gasteiger partial charge in [-0.2, -0.15) is 0 Å². The first kappa shape index (κ1) is 14.5. The van der Waals surface area contributed by atoms with Crippen LogP contribution in [0.15, 0.2) is 22.7 Å². The van der Waals surface area contributed by atoms with Crippen LogP contribution in [-0.4, -0.2) is 31.3 Å². The molecule has 1 fully saturated rings. The summed E-state index contributed by atoms with van der Waals surface area (Å²) in [7, 11) is 4.38. The van der Waals surface area contributed by atoms with E-state index in [0.717, 1.165) is 18.8 Å². The van der Waals surface area contributed by atoms with Crippen LogP contribution in [0, 0.1) is 5.92 Å². The lowest BCUT2D eigenvalue weighted by atomic mass is 9.81. The van der Waals surface area contributed by atoms with Gasteiger partial charge in [-0.3, -0.25) is 0 Å². The van der Waals surface area contributed by atoms with Crippen molar-refractivity contribution in [3.05, 3.63) is 22.4 Å². The van der Waals surface area contributed by atoms with Crippen molar-refractivity contribution in [2.45, 2.75) is 44.8 Å². The summed E-state index contributed by atoms with van der Waals surface area (Å²) >= 11 is 1.87. The van der Waals surface area contributed by atoms with Crippen LogP contribution in [0.4, 0.5) is 0 Å². The van der Waals surface area contributed by atoms with Gasteiger partial charge in [0.2, 0.25) is 0 Å². The van der Waals surface area contributed by atoms with E-state index in [9.17, 15) is 0 Å². The molecule has 0 N–H and O–H groups in total. The van der Waals surface area contributed by atoms with Gasteiger partial charge >= 0.3 is 0 Å². The first-order chi connectivity index (χ1) is 9.22. The van der Waals surface area contributed by atoms with Gasteiger partial charge in [0, 0.05) is 17.1 Å². The Morgan fingerprint density at radius 2 is 2.11 bits per heavy atom. The largest absolute Gasteiger partial charge is 0.393 e. The minimum Gasteiger partial charge on any atom is -0.393 e. The number of oxime groups is 1. The normalized spacial score (nSPS) is 25.9. The first-order valence-electron chi connectivity index (χ1n) is 7.06. The summed E-state index contributed by atoms with van der Waals surface area (Å²) in [4.78, 5) is 9.32. The topological polar surface area (TPSA) is 24.8 Å². The van der Waals surface area contributed by atoms with Crippen LogP contribution in [0.3, 0.4) is 0 Å². The minimum absolute atomic E-state index is 0.318. The summed E-state index contributed by atoms with van der Waals surface area (Å²) in [6.45, 7) is 1.89. The van der Waals surface area contributed by atoms with Gasteiger partial charge in [0.25, 0.3) is 0 Å². The molecule has 2 rings (SSSR count). The van der Waals surface area contributed by atoms with E-state index in [2.05, 4.69) is 41.7 Å². The van der Waals surface area contributed by atoms with E-state index in [-0.39, 0.29) is 0 Å². The third kappa shape index (κ3) is 3.80. The standard InChI is InChI=1S/C15H24N2OS/c1-4-16-18-13-9-7-12(8-10-13)15(17(2)3)14-6-5-11-19-14/h4-6,11-13,15H,7-10H2,1-3H3. The Morgan fingerprint density at radius 1 is 1.37 bits per heavy atom. The van der Waals surface area contributed by atoms with Crippen LogP contribution in [0.25, 0.3) is 0 Å². The summed E-state index contributed by atoms with van der Waals surface area (Å²) in [6, 6.07) is 4.97. The summed E-state index contributed by atoms with van der Waals surface area (Å²) in [5, 5.41) is 6.09. The molecule has 1 atom stereocenters. The SMILES string of the molecule is CC=NOC1CCC(C(c2cccs2)N(C)C)CC1. The van der Waals surface area contributed by atoms with Crippen molar-refractivity contribution in [1.82, 2.24) is 4.90 Å². The molecule has 106 valence electrons. The van der Waals surface area contributed by atoms with Gasteiger partial charge in [-0.25, -0.2) is 0 Å². The molecule has 0 radical (unpaired) electrons. The zero-order valence-electron chi connectivity index (χ0n) is 12.1. The molecule has 0 spiro atoms.